The van der Waals surface area contributed by atoms with E-state index >= 15 is 0 Å². The molecule has 1 aliphatic carbocycles. The quantitative estimate of drug-likeness (QED) is 0.435. The summed E-state index contributed by atoms with van der Waals surface area (Å²) in [5.41, 5.74) is 8.40. The maximum atomic E-state index is 4.52. The molecule has 3 aliphatic rings. The molecule has 0 bridgehead atoms. The number of hydrogen-bond acceptors (Lipinski definition) is 2. The van der Waals surface area contributed by atoms with E-state index in [0.717, 1.165) is 44.8 Å². The molecule has 0 spiro atoms. The average molecular weight is 453 g/mol. The molecule has 2 fully saturated rings. The molecule has 2 heterocycles. The van der Waals surface area contributed by atoms with E-state index in [0.29, 0.717) is 6.04 Å². The number of allylic oxidation sites excluding steroid dienone is 3. The van der Waals surface area contributed by atoms with Gasteiger partial charge in [0.05, 0.1) is 6.04 Å². The Bertz CT molecular complexity index is 1020. The van der Waals surface area contributed by atoms with Gasteiger partial charge in [-0.2, -0.15) is 0 Å². The molecule has 0 N–H and O–H groups in total. The number of rotatable bonds is 7. The van der Waals surface area contributed by atoms with E-state index in [9.17, 15) is 0 Å². The number of aryl methyl sites for hydroxylation is 2. The molecule has 2 aromatic carbocycles. The van der Waals surface area contributed by atoms with Gasteiger partial charge in [-0.15, -0.1) is 0 Å². The van der Waals surface area contributed by atoms with Gasteiger partial charge in [0.25, 0.3) is 0 Å². The molecular formula is C32H40N2. The van der Waals surface area contributed by atoms with Crippen LogP contribution in [0, 0.1) is 5.92 Å². The number of piperazine rings is 1. The smallest absolute Gasteiger partial charge is 0.0533 e. The van der Waals surface area contributed by atoms with Crippen molar-refractivity contribution in [3.63, 3.8) is 0 Å². The van der Waals surface area contributed by atoms with Crippen molar-refractivity contribution in [2.45, 2.75) is 70.9 Å². The minimum atomic E-state index is 0.503. The second kappa shape index (κ2) is 10.8. The number of hydrogen-bond donors (Lipinski definition) is 0. The van der Waals surface area contributed by atoms with Gasteiger partial charge in [-0.05, 0) is 71.9 Å². The molecule has 178 valence electrons. The van der Waals surface area contributed by atoms with Gasteiger partial charge in [0.15, 0.2) is 0 Å². The van der Waals surface area contributed by atoms with Crippen LogP contribution in [0.2, 0.25) is 0 Å². The molecule has 1 unspecified atom stereocenters. The van der Waals surface area contributed by atoms with Gasteiger partial charge in [0.2, 0.25) is 0 Å². The molecule has 0 amide bonds. The first-order chi connectivity index (χ1) is 16.7. The molecule has 1 atom stereocenters. The fourth-order valence-electron chi connectivity index (χ4n) is 6.14. The first-order valence-corrected chi connectivity index (χ1v) is 13.5. The highest BCUT2D eigenvalue weighted by Gasteiger charge is 2.38. The van der Waals surface area contributed by atoms with E-state index in [1.54, 1.807) is 0 Å². The molecule has 0 radical (unpaired) electrons. The maximum absolute atomic E-state index is 4.52. The number of benzene rings is 2. The lowest BCUT2D eigenvalue weighted by atomic mass is 9.79. The first-order valence-electron chi connectivity index (χ1n) is 13.5. The Morgan fingerprint density at radius 2 is 1.56 bits per heavy atom. The molecule has 2 nitrogen and oxygen atoms in total. The highest BCUT2D eigenvalue weighted by molar-refractivity contribution is 5.45. The van der Waals surface area contributed by atoms with Crippen LogP contribution in [0.4, 0.5) is 0 Å². The molecule has 2 heteroatoms. The standard InChI is InChI=1S/C32H40N2/c1-3-26-14-16-28(17-15-26)23-34-21-20-33-24-30(19-18-27-10-6-4-7-11-27)25(2)22-31(33)32(34)29-12-8-5-9-13-29/h4,6-7,10-11,14-17,22,24,29,32H,2-3,5,8-9,12-13,18-21,23H2,1H3. The van der Waals surface area contributed by atoms with E-state index in [-0.39, 0.29) is 0 Å². The van der Waals surface area contributed by atoms with Crippen molar-refractivity contribution < 1.29 is 0 Å². The van der Waals surface area contributed by atoms with Gasteiger partial charge in [-0.1, -0.05) is 87.4 Å². The molecule has 5 rings (SSSR count). The Balaban J connectivity index is 1.35. The number of fused-ring (bicyclic) bond motifs is 1. The summed E-state index contributed by atoms with van der Waals surface area (Å²) in [5.74, 6) is 0.754. The van der Waals surface area contributed by atoms with Crippen LogP contribution in [0.1, 0.15) is 62.1 Å². The van der Waals surface area contributed by atoms with Gasteiger partial charge in [0.1, 0.15) is 0 Å². The Labute approximate surface area is 206 Å². The highest BCUT2D eigenvalue weighted by Crippen LogP contribution is 2.39. The summed E-state index contributed by atoms with van der Waals surface area (Å²) in [7, 11) is 0. The van der Waals surface area contributed by atoms with Crippen molar-refractivity contribution in [1.29, 1.82) is 0 Å². The lowest BCUT2D eigenvalue weighted by molar-refractivity contribution is 0.0779. The third-order valence-electron chi connectivity index (χ3n) is 8.14. The molecule has 34 heavy (non-hydrogen) atoms. The fraction of sp³-hybridized carbons (Fsp3) is 0.438. The Morgan fingerprint density at radius 3 is 2.29 bits per heavy atom. The summed E-state index contributed by atoms with van der Waals surface area (Å²) in [6, 6.07) is 20.7. The topological polar surface area (TPSA) is 6.48 Å². The summed E-state index contributed by atoms with van der Waals surface area (Å²) in [4.78, 5) is 5.35. The normalized spacial score (nSPS) is 21.7. The van der Waals surface area contributed by atoms with Crippen LogP contribution in [-0.2, 0) is 19.4 Å². The summed E-state index contributed by atoms with van der Waals surface area (Å²) < 4.78 is 0. The van der Waals surface area contributed by atoms with Crippen molar-refractivity contribution >= 4 is 0 Å². The second-order valence-electron chi connectivity index (χ2n) is 10.4. The summed E-state index contributed by atoms with van der Waals surface area (Å²) >= 11 is 0. The third kappa shape index (κ3) is 5.23. The van der Waals surface area contributed by atoms with Gasteiger partial charge in [0, 0.05) is 31.5 Å². The van der Waals surface area contributed by atoms with Gasteiger partial charge >= 0.3 is 0 Å². The molecule has 1 saturated carbocycles. The van der Waals surface area contributed by atoms with Crippen LogP contribution in [0.15, 0.2) is 90.3 Å². The Kier molecular flexibility index (Phi) is 7.35. The first kappa shape index (κ1) is 23.2. The molecule has 1 saturated heterocycles. The monoisotopic (exact) mass is 452 g/mol. The molecule has 2 aliphatic heterocycles. The minimum absolute atomic E-state index is 0.503. The van der Waals surface area contributed by atoms with Crippen LogP contribution < -0.4 is 0 Å². The Hall–Kier alpha value is -2.58. The summed E-state index contributed by atoms with van der Waals surface area (Å²) in [5, 5.41) is 0. The lowest BCUT2D eigenvalue weighted by Gasteiger charge is -2.49. The predicted octanol–water partition coefficient (Wildman–Crippen LogP) is 7.29. The van der Waals surface area contributed by atoms with E-state index < -0.39 is 0 Å². The summed E-state index contributed by atoms with van der Waals surface area (Å²) in [6.07, 6.45) is 15.0. The minimum Gasteiger partial charge on any atom is -0.348 e. The zero-order valence-corrected chi connectivity index (χ0v) is 20.9. The predicted molar refractivity (Wildman–Crippen MR) is 143 cm³/mol. The van der Waals surface area contributed by atoms with E-state index in [2.05, 4.69) is 90.2 Å². The fourth-order valence-corrected chi connectivity index (χ4v) is 6.14. The number of nitrogens with zero attached hydrogens (tertiary/aromatic N) is 2. The largest absolute Gasteiger partial charge is 0.348 e. The van der Waals surface area contributed by atoms with Crippen molar-refractivity contribution in [3.8, 4) is 0 Å². The van der Waals surface area contributed by atoms with Crippen molar-refractivity contribution in [1.82, 2.24) is 9.80 Å². The van der Waals surface area contributed by atoms with Gasteiger partial charge < -0.3 is 4.90 Å². The maximum Gasteiger partial charge on any atom is 0.0533 e. The van der Waals surface area contributed by atoms with Crippen molar-refractivity contribution in [2.75, 3.05) is 13.1 Å². The second-order valence-corrected chi connectivity index (χ2v) is 10.4. The molecule has 2 aromatic rings. The van der Waals surface area contributed by atoms with Gasteiger partial charge in [-0.3, -0.25) is 4.90 Å². The zero-order chi connectivity index (χ0) is 23.3. The van der Waals surface area contributed by atoms with Crippen LogP contribution in [0.5, 0.6) is 0 Å². The van der Waals surface area contributed by atoms with Crippen LogP contribution in [0.3, 0.4) is 0 Å². The lowest BCUT2D eigenvalue weighted by Crippen LogP contribution is -2.53. The summed E-state index contributed by atoms with van der Waals surface area (Å²) in [6.45, 7) is 10.0. The zero-order valence-electron chi connectivity index (χ0n) is 20.9. The van der Waals surface area contributed by atoms with E-state index in [4.69, 9.17) is 0 Å². The van der Waals surface area contributed by atoms with Crippen LogP contribution >= 0.6 is 0 Å². The van der Waals surface area contributed by atoms with E-state index in [1.807, 2.05) is 0 Å². The van der Waals surface area contributed by atoms with Crippen molar-refractivity contribution in [3.05, 3.63) is 107 Å². The Morgan fingerprint density at radius 1 is 0.824 bits per heavy atom. The average Bonchev–Trinajstić information content (AvgIpc) is 2.89. The molecular weight excluding hydrogens is 412 g/mol. The van der Waals surface area contributed by atoms with E-state index in [1.165, 1.54) is 65.6 Å². The van der Waals surface area contributed by atoms with Crippen LogP contribution in [-0.4, -0.2) is 28.9 Å². The van der Waals surface area contributed by atoms with Crippen molar-refractivity contribution in [2.24, 2.45) is 5.92 Å². The third-order valence-corrected chi connectivity index (χ3v) is 8.14. The highest BCUT2D eigenvalue weighted by atomic mass is 15.3. The van der Waals surface area contributed by atoms with Gasteiger partial charge in [-0.25, -0.2) is 0 Å². The SMILES string of the molecule is C=C1C=C2C(C3CCCCC3)N(Cc3ccc(CC)cc3)CCN2C=C1CCc1ccccc1. The van der Waals surface area contributed by atoms with Crippen LogP contribution in [0.25, 0.3) is 0 Å². The molecule has 0 aromatic heterocycles.